The first-order valence-electron chi connectivity index (χ1n) is 6.67. The molecule has 4 aliphatic rings. The maximum atomic E-state index is 11.6. The van der Waals surface area contributed by atoms with Gasteiger partial charge in [-0.3, -0.25) is 4.79 Å². The Morgan fingerprint density at radius 1 is 1.26 bits per heavy atom. The molecule has 1 N–H and O–H groups in total. The predicted octanol–water partition coefficient (Wildman–Crippen LogP) is 1.28. The van der Waals surface area contributed by atoms with Crippen LogP contribution in [-0.2, 0) is 16.8 Å². The fourth-order valence-electron chi connectivity index (χ4n) is 4.03. The number of rotatable bonds is 0. The van der Waals surface area contributed by atoms with Crippen molar-refractivity contribution in [3.05, 3.63) is 35.4 Å². The van der Waals surface area contributed by atoms with Crippen LogP contribution in [0.1, 0.15) is 17.5 Å². The van der Waals surface area contributed by atoms with Crippen molar-refractivity contribution >= 4 is 5.78 Å². The van der Waals surface area contributed by atoms with Crippen molar-refractivity contribution in [1.29, 1.82) is 0 Å². The van der Waals surface area contributed by atoms with Gasteiger partial charge in [0.15, 0.2) is 17.3 Å². The van der Waals surface area contributed by atoms with Crippen LogP contribution >= 0.6 is 0 Å². The molecule has 5 rings (SSSR count). The number of carbonyl (C=O) groups is 1. The lowest BCUT2D eigenvalue weighted by Gasteiger charge is -2.25. The van der Waals surface area contributed by atoms with E-state index in [0.29, 0.717) is 25.2 Å². The summed E-state index contributed by atoms with van der Waals surface area (Å²) < 4.78 is 10.9. The summed E-state index contributed by atoms with van der Waals surface area (Å²) in [6.07, 6.45) is 4.50. The first-order chi connectivity index (χ1) is 9.29. The largest absolute Gasteiger partial charge is 0.454 e. The summed E-state index contributed by atoms with van der Waals surface area (Å²) in [5.41, 5.74) is 2.60. The van der Waals surface area contributed by atoms with Crippen LogP contribution in [0.2, 0.25) is 0 Å². The summed E-state index contributed by atoms with van der Waals surface area (Å²) in [5, 5.41) is 3.56. The molecule has 0 aromatic heterocycles. The van der Waals surface area contributed by atoms with E-state index >= 15 is 0 Å². The molecule has 2 aliphatic carbocycles. The van der Waals surface area contributed by atoms with E-state index in [0.717, 1.165) is 18.0 Å². The van der Waals surface area contributed by atoms with E-state index in [1.807, 2.05) is 0 Å². The van der Waals surface area contributed by atoms with Crippen molar-refractivity contribution in [2.45, 2.75) is 24.4 Å². The third kappa shape index (κ3) is 1.07. The third-order valence-corrected chi connectivity index (χ3v) is 4.96. The molecule has 1 aromatic rings. The highest BCUT2D eigenvalue weighted by molar-refractivity contribution is 5.93. The summed E-state index contributed by atoms with van der Waals surface area (Å²) >= 11 is 0. The minimum Gasteiger partial charge on any atom is -0.454 e. The normalized spacial score (nSPS) is 36.5. The number of allylic oxidation sites excluding steroid dienone is 1. The van der Waals surface area contributed by atoms with E-state index < -0.39 is 0 Å². The Hall–Kier alpha value is -1.81. The second-order valence-corrected chi connectivity index (χ2v) is 5.76. The van der Waals surface area contributed by atoms with Gasteiger partial charge in [0.1, 0.15) is 0 Å². The van der Waals surface area contributed by atoms with Crippen molar-refractivity contribution in [2.24, 2.45) is 5.92 Å². The minimum atomic E-state index is 0.0163. The number of carbonyl (C=O) groups excluding carboxylic acids is 1. The van der Waals surface area contributed by atoms with Gasteiger partial charge in [-0.25, -0.2) is 0 Å². The van der Waals surface area contributed by atoms with E-state index in [1.54, 1.807) is 6.08 Å². The van der Waals surface area contributed by atoms with Gasteiger partial charge in [-0.2, -0.15) is 0 Å². The zero-order chi connectivity index (χ0) is 12.6. The quantitative estimate of drug-likeness (QED) is 0.758. The average molecular weight is 255 g/mol. The van der Waals surface area contributed by atoms with Crippen molar-refractivity contribution in [2.75, 3.05) is 6.79 Å². The molecular formula is C15H13NO3. The average Bonchev–Trinajstić information content (AvgIpc) is 2.85. The second-order valence-electron chi connectivity index (χ2n) is 5.76. The molecule has 1 fully saturated rings. The summed E-state index contributed by atoms with van der Waals surface area (Å²) in [6, 6.07) is 4.60. The van der Waals surface area contributed by atoms with Crippen LogP contribution < -0.4 is 14.8 Å². The lowest BCUT2D eigenvalue weighted by atomic mass is 9.83. The number of ketones is 1. The van der Waals surface area contributed by atoms with Crippen LogP contribution in [0.5, 0.6) is 11.5 Å². The number of hydrogen-bond donors (Lipinski definition) is 1. The molecule has 1 spiro atoms. The maximum absolute atomic E-state index is 11.6. The highest BCUT2D eigenvalue weighted by atomic mass is 16.7. The maximum Gasteiger partial charge on any atom is 0.231 e. The van der Waals surface area contributed by atoms with Crippen LogP contribution in [0.25, 0.3) is 0 Å². The van der Waals surface area contributed by atoms with Crippen molar-refractivity contribution in [3.63, 3.8) is 0 Å². The predicted molar refractivity (Wildman–Crippen MR) is 67.1 cm³/mol. The van der Waals surface area contributed by atoms with Gasteiger partial charge in [0, 0.05) is 24.4 Å². The molecule has 0 radical (unpaired) electrons. The van der Waals surface area contributed by atoms with E-state index in [9.17, 15) is 4.79 Å². The molecule has 0 amide bonds. The number of nitrogens with one attached hydrogen (secondary N) is 1. The Kier molecular flexibility index (Phi) is 1.59. The van der Waals surface area contributed by atoms with Crippen molar-refractivity contribution in [3.8, 4) is 11.5 Å². The van der Waals surface area contributed by atoms with E-state index in [4.69, 9.17) is 9.47 Å². The third-order valence-electron chi connectivity index (χ3n) is 4.96. The van der Waals surface area contributed by atoms with Crippen molar-refractivity contribution in [1.82, 2.24) is 5.32 Å². The Morgan fingerprint density at radius 3 is 3.00 bits per heavy atom. The lowest BCUT2D eigenvalue weighted by molar-refractivity contribution is -0.115. The van der Waals surface area contributed by atoms with Crippen LogP contribution in [0.15, 0.2) is 24.3 Å². The smallest absolute Gasteiger partial charge is 0.231 e. The molecule has 96 valence electrons. The number of benzene rings is 1. The highest BCUT2D eigenvalue weighted by Gasteiger charge is 2.67. The Bertz CT molecular complexity index is 651. The van der Waals surface area contributed by atoms with Gasteiger partial charge >= 0.3 is 0 Å². The topological polar surface area (TPSA) is 47.6 Å². The van der Waals surface area contributed by atoms with Gasteiger partial charge in [0.25, 0.3) is 0 Å². The molecule has 1 unspecified atom stereocenters. The molecule has 1 saturated carbocycles. The molecule has 3 atom stereocenters. The Labute approximate surface area is 110 Å². The molecule has 1 aromatic carbocycles. The molecule has 0 bridgehead atoms. The summed E-state index contributed by atoms with van der Waals surface area (Å²) in [6.45, 7) is 1.15. The molecule has 4 nitrogen and oxygen atoms in total. The van der Waals surface area contributed by atoms with Gasteiger partial charge in [0.05, 0.1) is 0 Å². The first-order valence-corrected chi connectivity index (χ1v) is 6.67. The van der Waals surface area contributed by atoms with Gasteiger partial charge in [-0.05, 0) is 35.3 Å². The Morgan fingerprint density at radius 2 is 2.11 bits per heavy atom. The molecular weight excluding hydrogens is 242 g/mol. The van der Waals surface area contributed by atoms with E-state index in [1.165, 1.54) is 11.1 Å². The molecule has 4 heteroatoms. The fraction of sp³-hybridized carbons (Fsp3) is 0.400. The SMILES string of the molecule is O=C1C=C[C@@]23c4cc5c(cc4CNC2[C@H]3C1)OCO5. The molecule has 0 saturated heterocycles. The molecule has 2 heterocycles. The van der Waals surface area contributed by atoms with Crippen LogP contribution in [-0.4, -0.2) is 18.6 Å². The zero-order valence-corrected chi connectivity index (χ0v) is 10.3. The fourth-order valence-corrected chi connectivity index (χ4v) is 4.03. The van der Waals surface area contributed by atoms with E-state index in [-0.39, 0.29) is 11.2 Å². The number of fused-ring (bicyclic) bond motifs is 3. The first kappa shape index (κ1) is 10.0. The van der Waals surface area contributed by atoms with E-state index in [2.05, 4.69) is 23.5 Å². The minimum absolute atomic E-state index is 0.0163. The van der Waals surface area contributed by atoms with Gasteiger partial charge in [0.2, 0.25) is 6.79 Å². The standard InChI is InChI=1S/C15H13NO3/c17-9-1-2-15-10-5-13-12(18-7-19-13)3-8(10)6-16-14(15)11(15)4-9/h1-3,5,11,14,16H,4,6-7H2/t11-,14?,15+/m1/s1. The zero-order valence-electron chi connectivity index (χ0n) is 10.3. The number of ether oxygens (including phenoxy) is 2. The second kappa shape index (κ2) is 3.02. The molecule has 2 aliphatic heterocycles. The van der Waals surface area contributed by atoms with Gasteiger partial charge in [-0.1, -0.05) is 6.08 Å². The highest BCUT2D eigenvalue weighted by Crippen LogP contribution is 2.62. The van der Waals surface area contributed by atoms with Crippen LogP contribution in [0.4, 0.5) is 0 Å². The monoisotopic (exact) mass is 255 g/mol. The Balaban J connectivity index is 1.72. The summed E-state index contributed by atoms with van der Waals surface area (Å²) in [7, 11) is 0. The molecule has 19 heavy (non-hydrogen) atoms. The van der Waals surface area contributed by atoms with Crippen molar-refractivity contribution < 1.29 is 14.3 Å². The summed E-state index contributed by atoms with van der Waals surface area (Å²) in [4.78, 5) is 11.6. The van der Waals surface area contributed by atoms with Crippen LogP contribution in [0, 0.1) is 5.92 Å². The summed E-state index contributed by atoms with van der Waals surface area (Å²) in [5.74, 6) is 2.33. The van der Waals surface area contributed by atoms with Gasteiger partial charge < -0.3 is 14.8 Å². The lowest BCUT2D eigenvalue weighted by Crippen LogP contribution is -2.30. The van der Waals surface area contributed by atoms with Crippen LogP contribution in [0.3, 0.4) is 0 Å². The van der Waals surface area contributed by atoms with Gasteiger partial charge in [-0.15, -0.1) is 0 Å². The number of hydrogen-bond acceptors (Lipinski definition) is 4.